The van der Waals surface area contributed by atoms with Crippen LogP contribution in [0.5, 0.6) is 0 Å². The Morgan fingerprint density at radius 1 is 1.05 bits per heavy atom. The number of hydrogen-bond donors (Lipinski definition) is 3. The van der Waals surface area contributed by atoms with Crippen LogP contribution in [-0.2, 0) is 6.42 Å². The van der Waals surface area contributed by atoms with Crippen molar-refractivity contribution in [2.24, 2.45) is 5.73 Å². The molecule has 3 heteroatoms. The maximum atomic E-state index is 10.1. The molecular formula is C17H22N2O. The van der Waals surface area contributed by atoms with E-state index in [2.05, 4.69) is 5.32 Å². The predicted molar refractivity (Wildman–Crippen MR) is 83.8 cm³/mol. The fourth-order valence-corrected chi connectivity index (χ4v) is 2.16. The Morgan fingerprint density at radius 2 is 1.70 bits per heavy atom. The summed E-state index contributed by atoms with van der Waals surface area (Å²) >= 11 is 0. The minimum Gasteiger partial charge on any atom is -0.390 e. The molecule has 3 nitrogen and oxygen atoms in total. The van der Waals surface area contributed by atoms with Crippen LogP contribution in [0.4, 0.5) is 5.69 Å². The Labute approximate surface area is 120 Å². The van der Waals surface area contributed by atoms with Crippen LogP contribution in [-0.4, -0.2) is 23.8 Å². The number of aliphatic hydroxyl groups is 1. The number of nitrogens with one attached hydrogen (secondary N) is 1. The standard InChI is InChI=1S/C17H22N2O/c1-13-7-5-6-10-16(13)19-12-17(20)15(18)11-14-8-3-2-4-9-14/h2-10,15,17,19-20H,11-12,18H2,1H3/t15-,17+/m0/s1. The van der Waals surface area contributed by atoms with Gasteiger partial charge < -0.3 is 16.2 Å². The molecule has 2 atom stereocenters. The van der Waals surface area contributed by atoms with E-state index >= 15 is 0 Å². The summed E-state index contributed by atoms with van der Waals surface area (Å²) in [5.74, 6) is 0. The van der Waals surface area contributed by atoms with Crippen LogP contribution in [0.3, 0.4) is 0 Å². The lowest BCUT2D eigenvalue weighted by molar-refractivity contribution is 0.156. The van der Waals surface area contributed by atoms with Gasteiger partial charge in [0.05, 0.1) is 6.10 Å². The molecule has 106 valence electrons. The molecule has 2 aromatic carbocycles. The average Bonchev–Trinajstić information content (AvgIpc) is 2.47. The molecule has 0 aliphatic rings. The smallest absolute Gasteiger partial charge is 0.0866 e. The summed E-state index contributed by atoms with van der Waals surface area (Å²) < 4.78 is 0. The molecule has 0 amide bonds. The van der Waals surface area contributed by atoms with Gasteiger partial charge in [-0.3, -0.25) is 0 Å². The maximum absolute atomic E-state index is 10.1. The lowest BCUT2D eigenvalue weighted by atomic mass is 10.0. The fraction of sp³-hybridized carbons (Fsp3) is 0.294. The number of aliphatic hydroxyl groups excluding tert-OH is 1. The second-order valence-corrected chi connectivity index (χ2v) is 5.12. The summed E-state index contributed by atoms with van der Waals surface area (Å²) in [5.41, 5.74) is 9.41. The van der Waals surface area contributed by atoms with E-state index in [1.807, 2.05) is 61.5 Å². The van der Waals surface area contributed by atoms with Gasteiger partial charge in [0, 0.05) is 18.3 Å². The highest BCUT2D eigenvalue weighted by molar-refractivity contribution is 5.50. The monoisotopic (exact) mass is 270 g/mol. The van der Waals surface area contributed by atoms with Crippen LogP contribution < -0.4 is 11.1 Å². The van der Waals surface area contributed by atoms with Gasteiger partial charge in [0.1, 0.15) is 0 Å². The quantitative estimate of drug-likeness (QED) is 0.755. The average molecular weight is 270 g/mol. The van der Waals surface area contributed by atoms with E-state index in [0.29, 0.717) is 13.0 Å². The number of para-hydroxylation sites is 1. The van der Waals surface area contributed by atoms with E-state index in [4.69, 9.17) is 5.73 Å². The molecule has 0 aromatic heterocycles. The molecule has 0 unspecified atom stereocenters. The molecule has 0 fully saturated rings. The van der Waals surface area contributed by atoms with Gasteiger partial charge in [0.15, 0.2) is 0 Å². The van der Waals surface area contributed by atoms with Gasteiger partial charge in [-0.25, -0.2) is 0 Å². The first-order valence-corrected chi connectivity index (χ1v) is 6.94. The Morgan fingerprint density at radius 3 is 2.40 bits per heavy atom. The first-order chi connectivity index (χ1) is 9.66. The highest BCUT2D eigenvalue weighted by atomic mass is 16.3. The highest BCUT2D eigenvalue weighted by Crippen LogP contribution is 2.13. The summed E-state index contributed by atoms with van der Waals surface area (Å²) in [5, 5.41) is 13.4. The third-order valence-electron chi connectivity index (χ3n) is 3.46. The first kappa shape index (κ1) is 14.6. The lowest BCUT2D eigenvalue weighted by Crippen LogP contribution is -2.41. The molecule has 2 aromatic rings. The van der Waals surface area contributed by atoms with Gasteiger partial charge in [-0.2, -0.15) is 0 Å². The normalized spacial score (nSPS) is 13.8. The molecule has 0 bridgehead atoms. The van der Waals surface area contributed by atoms with Crippen LogP contribution in [0, 0.1) is 6.92 Å². The van der Waals surface area contributed by atoms with Crippen molar-refractivity contribution >= 4 is 5.69 Å². The summed E-state index contributed by atoms with van der Waals surface area (Å²) in [7, 11) is 0. The van der Waals surface area contributed by atoms with Gasteiger partial charge in [0.25, 0.3) is 0 Å². The lowest BCUT2D eigenvalue weighted by Gasteiger charge is -2.20. The van der Waals surface area contributed by atoms with Crippen molar-refractivity contribution in [3.63, 3.8) is 0 Å². The molecule has 0 spiro atoms. The van der Waals surface area contributed by atoms with Crippen LogP contribution in [0.15, 0.2) is 54.6 Å². The van der Waals surface area contributed by atoms with Gasteiger partial charge in [-0.15, -0.1) is 0 Å². The largest absolute Gasteiger partial charge is 0.390 e. The predicted octanol–water partition coefficient (Wildman–Crippen LogP) is 2.34. The summed E-state index contributed by atoms with van der Waals surface area (Å²) in [4.78, 5) is 0. The van der Waals surface area contributed by atoms with E-state index in [9.17, 15) is 5.11 Å². The minimum atomic E-state index is -0.574. The Kier molecular flexibility index (Phi) is 5.16. The first-order valence-electron chi connectivity index (χ1n) is 6.94. The number of hydrogen-bond acceptors (Lipinski definition) is 3. The molecule has 4 N–H and O–H groups in total. The fourth-order valence-electron chi connectivity index (χ4n) is 2.16. The Hall–Kier alpha value is -1.84. The number of anilines is 1. The Balaban J connectivity index is 1.85. The third kappa shape index (κ3) is 4.08. The highest BCUT2D eigenvalue weighted by Gasteiger charge is 2.15. The molecule has 0 saturated carbocycles. The summed E-state index contributed by atoms with van der Waals surface area (Å²) in [6.07, 6.45) is 0.104. The van der Waals surface area contributed by atoms with E-state index in [1.54, 1.807) is 0 Å². The minimum absolute atomic E-state index is 0.270. The van der Waals surface area contributed by atoms with Crippen molar-refractivity contribution < 1.29 is 5.11 Å². The molecule has 0 heterocycles. The van der Waals surface area contributed by atoms with E-state index in [1.165, 1.54) is 0 Å². The van der Waals surface area contributed by atoms with Crippen molar-refractivity contribution in [3.8, 4) is 0 Å². The van der Waals surface area contributed by atoms with Crippen LogP contribution in [0.2, 0.25) is 0 Å². The number of nitrogens with two attached hydrogens (primary N) is 1. The molecule has 20 heavy (non-hydrogen) atoms. The van der Waals surface area contributed by atoms with Crippen molar-refractivity contribution in [2.75, 3.05) is 11.9 Å². The number of rotatable bonds is 6. The molecule has 0 saturated heterocycles. The molecule has 2 rings (SSSR count). The SMILES string of the molecule is Cc1ccccc1NC[C@@H](O)[C@@H](N)Cc1ccccc1. The second-order valence-electron chi connectivity index (χ2n) is 5.12. The summed E-state index contributed by atoms with van der Waals surface area (Å²) in [6.45, 7) is 2.50. The van der Waals surface area contributed by atoms with Gasteiger partial charge in [-0.05, 0) is 30.5 Å². The molecular weight excluding hydrogens is 248 g/mol. The van der Waals surface area contributed by atoms with E-state index < -0.39 is 6.10 Å². The van der Waals surface area contributed by atoms with Gasteiger partial charge in [-0.1, -0.05) is 48.5 Å². The zero-order chi connectivity index (χ0) is 14.4. The zero-order valence-electron chi connectivity index (χ0n) is 11.8. The molecule has 0 radical (unpaired) electrons. The van der Waals surface area contributed by atoms with Crippen LogP contribution in [0.25, 0.3) is 0 Å². The van der Waals surface area contributed by atoms with Crippen LogP contribution in [0.1, 0.15) is 11.1 Å². The topological polar surface area (TPSA) is 58.3 Å². The van der Waals surface area contributed by atoms with Gasteiger partial charge in [0.2, 0.25) is 0 Å². The Bertz CT molecular complexity index is 528. The zero-order valence-corrected chi connectivity index (χ0v) is 11.8. The summed E-state index contributed by atoms with van der Waals surface area (Å²) in [6, 6.07) is 17.8. The van der Waals surface area contributed by atoms with Crippen LogP contribution >= 0.6 is 0 Å². The van der Waals surface area contributed by atoms with Crippen molar-refractivity contribution in [1.82, 2.24) is 0 Å². The molecule has 0 aliphatic carbocycles. The van der Waals surface area contributed by atoms with E-state index in [-0.39, 0.29) is 6.04 Å². The van der Waals surface area contributed by atoms with Crippen molar-refractivity contribution in [2.45, 2.75) is 25.5 Å². The van der Waals surface area contributed by atoms with Crippen molar-refractivity contribution in [3.05, 3.63) is 65.7 Å². The second kappa shape index (κ2) is 7.08. The number of benzene rings is 2. The maximum Gasteiger partial charge on any atom is 0.0866 e. The van der Waals surface area contributed by atoms with E-state index in [0.717, 1.165) is 16.8 Å². The number of aryl methyl sites for hydroxylation is 1. The third-order valence-corrected chi connectivity index (χ3v) is 3.46. The van der Waals surface area contributed by atoms with Crippen molar-refractivity contribution in [1.29, 1.82) is 0 Å². The van der Waals surface area contributed by atoms with Gasteiger partial charge >= 0.3 is 0 Å². The molecule has 0 aliphatic heterocycles.